The Bertz CT molecular complexity index is 1150. The van der Waals surface area contributed by atoms with Gasteiger partial charge in [-0.05, 0) is 86.1 Å². The molecule has 33 heavy (non-hydrogen) atoms. The first kappa shape index (κ1) is 21.6. The molecule has 0 bridgehead atoms. The minimum Gasteiger partial charge on any atom is -0.497 e. The van der Waals surface area contributed by atoms with E-state index >= 15 is 0 Å². The summed E-state index contributed by atoms with van der Waals surface area (Å²) in [5.74, 6) is 1.02. The first-order chi connectivity index (χ1) is 16.1. The number of hydrogen-bond donors (Lipinski definition) is 2. The number of carbonyl (C=O) groups is 1. The molecule has 1 aliphatic carbocycles. The van der Waals surface area contributed by atoms with Crippen LogP contribution in [0.1, 0.15) is 40.0 Å². The number of likely N-dealkylation sites (tertiary alicyclic amines) is 1. The Kier molecular flexibility index (Phi) is 6.13. The van der Waals surface area contributed by atoms with Crippen molar-refractivity contribution in [1.29, 1.82) is 0 Å². The zero-order chi connectivity index (χ0) is 22.8. The highest BCUT2D eigenvalue weighted by Gasteiger charge is 2.26. The highest BCUT2D eigenvalue weighted by atomic mass is 19.1. The van der Waals surface area contributed by atoms with Gasteiger partial charge >= 0.3 is 0 Å². The van der Waals surface area contributed by atoms with E-state index in [1.807, 2.05) is 24.3 Å². The zero-order valence-corrected chi connectivity index (χ0v) is 18.9. The van der Waals surface area contributed by atoms with E-state index in [-0.39, 0.29) is 11.7 Å². The molecule has 0 saturated carbocycles. The number of aryl methyl sites for hydroxylation is 1. The predicted octanol–water partition coefficient (Wildman–Crippen LogP) is 3.97. The van der Waals surface area contributed by atoms with E-state index in [9.17, 15) is 9.18 Å². The molecule has 1 aromatic heterocycles. The molecule has 2 aromatic carbocycles. The van der Waals surface area contributed by atoms with Crippen molar-refractivity contribution in [1.82, 2.24) is 20.4 Å². The molecule has 2 heterocycles. The van der Waals surface area contributed by atoms with Gasteiger partial charge < -0.3 is 10.1 Å². The summed E-state index contributed by atoms with van der Waals surface area (Å²) in [4.78, 5) is 15.3. The van der Waals surface area contributed by atoms with E-state index < -0.39 is 0 Å². The number of amides is 1. The van der Waals surface area contributed by atoms with Crippen molar-refractivity contribution in [3.8, 4) is 17.0 Å². The van der Waals surface area contributed by atoms with Gasteiger partial charge in [0.2, 0.25) is 0 Å². The Hall–Kier alpha value is -3.19. The molecule has 172 valence electrons. The molecule has 1 amide bonds. The molecule has 1 aliphatic heterocycles. The fourth-order valence-corrected chi connectivity index (χ4v) is 4.98. The highest BCUT2D eigenvalue weighted by Crippen LogP contribution is 2.35. The third kappa shape index (κ3) is 4.64. The summed E-state index contributed by atoms with van der Waals surface area (Å²) < 4.78 is 18.7. The monoisotopic (exact) mass is 448 g/mol. The van der Waals surface area contributed by atoms with Crippen LogP contribution in [0.15, 0.2) is 42.5 Å². The van der Waals surface area contributed by atoms with Crippen LogP contribution >= 0.6 is 0 Å². The van der Waals surface area contributed by atoms with Gasteiger partial charge in [-0.2, -0.15) is 5.10 Å². The van der Waals surface area contributed by atoms with Crippen molar-refractivity contribution in [3.05, 3.63) is 70.7 Å². The van der Waals surface area contributed by atoms with Gasteiger partial charge in [-0.1, -0.05) is 12.1 Å². The van der Waals surface area contributed by atoms with Gasteiger partial charge in [-0.15, -0.1) is 0 Å². The lowest BCUT2D eigenvalue weighted by molar-refractivity contribution is 0.0929. The molecule has 0 spiro atoms. The van der Waals surface area contributed by atoms with Crippen LogP contribution in [-0.4, -0.2) is 47.7 Å². The number of rotatable bonds is 6. The van der Waals surface area contributed by atoms with Gasteiger partial charge in [-0.25, -0.2) is 4.39 Å². The van der Waals surface area contributed by atoms with Crippen molar-refractivity contribution >= 4 is 5.91 Å². The molecule has 1 fully saturated rings. The molecule has 2 N–H and O–H groups in total. The summed E-state index contributed by atoms with van der Waals surface area (Å²) in [6.45, 7) is 3.34. The van der Waals surface area contributed by atoms with Crippen molar-refractivity contribution in [3.63, 3.8) is 0 Å². The van der Waals surface area contributed by atoms with Gasteiger partial charge in [0.1, 0.15) is 17.3 Å². The van der Waals surface area contributed by atoms with Crippen LogP contribution in [0.4, 0.5) is 4.39 Å². The molecular formula is C26H29FN4O2. The molecule has 6 nitrogen and oxygen atoms in total. The van der Waals surface area contributed by atoms with Crippen molar-refractivity contribution in [2.75, 3.05) is 26.7 Å². The van der Waals surface area contributed by atoms with Gasteiger partial charge in [-0.3, -0.25) is 14.8 Å². The number of aromatic nitrogens is 2. The predicted molar refractivity (Wildman–Crippen MR) is 125 cm³/mol. The second kappa shape index (κ2) is 9.35. The third-order valence-corrected chi connectivity index (χ3v) is 6.86. The fourth-order valence-electron chi connectivity index (χ4n) is 4.98. The Morgan fingerprint density at radius 1 is 1.21 bits per heavy atom. The summed E-state index contributed by atoms with van der Waals surface area (Å²) in [5, 5.41) is 10.6. The average molecular weight is 449 g/mol. The van der Waals surface area contributed by atoms with E-state index in [0.717, 1.165) is 73.5 Å². The van der Waals surface area contributed by atoms with Crippen molar-refractivity contribution in [2.45, 2.75) is 32.2 Å². The Morgan fingerprint density at radius 3 is 2.85 bits per heavy atom. The second-order valence-electron chi connectivity index (χ2n) is 9.01. The molecule has 0 radical (unpaired) electrons. The smallest absolute Gasteiger partial charge is 0.269 e. The SMILES string of the molecule is COc1ccc2c(c1)CCc1c-2n[nH]c1C(=O)NCC1CCN(Cc2cccc(F)c2)CC1. The molecule has 7 heteroatoms. The minimum atomic E-state index is -0.186. The van der Waals surface area contributed by atoms with E-state index in [1.54, 1.807) is 19.2 Å². The van der Waals surface area contributed by atoms with Crippen molar-refractivity contribution in [2.24, 2.45) is 5.92 Å². The molecule has 0 atom stereocenters. The number of hydrogen-bond acceptors (Lipinski definition) is 4. The summed E-state index contributed by atoms with van der Waals surface area (Å²) in [7, 11) is 1.67. The van der Waals surface area contributed by atoms with Crippen LogP contribution in [0.5, 0.6) is 5.75 Å². The largest absolute Gasteiger partial charge is 0.497 e. The van der Waals surface area contributed by atoms with Gasteiger partial charge in [0.25, 0.3) is 5.91 Å². The number of nitrogens with zero attached hydrogens (tertiary/aromatic N) is 2. The number of piperidine rings is 1. The van der Waals surface area contributed by atoms with Crippen LogP contribution in [0, 0.1) is 11.7 Å². The number of H-pyrrole nitrogens is 1. The normalized spacial score (nSPS) is 16.2. The zero-order valence-electron chi connectivity index (χ0n) is 18.9. The standard InChI is InChI=1S/C26H29FN4O2/c1-33-21-6-8-22-19(14-21)5-7-23-24(22)29-30-25(23)26(32)28-15-17-9-11-31(12-10-17)16-18-3-2-4-20(27)13-18/h2-4,6,8,13-14,17H,5,7,9-12,15-16H2,1H3,(H,28,32)(H,29,30). The number of carbonyl (C=O) groups excluding carboxylic acids is 1. The Morgan fingerprint density at radius 2 is 2.06 bits per heavy atom. The Labute approximate surface area is 193 Å². The quantitative estimate of drug-likeness (QED) is 0.599. The lowest BCUT2D eigenvalue weighted by Crippen LogP contribution is -2.38. The number of nitrogens with one attached hydrogen (secondary N) is 2. The minimum absolute atomic E-state index is 0.0806. The summed E-state index contributed by atoms with van der Waals surface area (Å²) in [5.41, 5.74) is 5.72. The summed E-state index contributed by atoms with van der Waals surface area (Å²) in [6, 6.07) is 12.8. The number of methoxy groups -OCH3 is 1. The summed E-state index contributed by atoms with van der Waals surface area (Å²) >= 11 is 0. The number of benzene rings is 2. The molecule has 2 aliphatic rings. The second-order valence-corrected chi connectivity index (χ2v) is 9.01. The molecular weight excluding hydrogens is 419 g/mol. The summed E-state index contributed by atoms with van der Waals surface area (Å²) in [6.07, 6.45) is 3.69. The number of halogens is 1. The van der Waals surface area contributed by atoms with Gasteiger partial charge in [0.05, 0.1) is 12.8 Å². The van der Waals surface area contributed by atoms with E-state index in [1.165, 1.54) is 11.6 Å². The van der Waals surface area contributed by atoms with Crippen LogP contribution in [0.3, 0.4) is 0 Å². The molecule has 1 saturated heterocycles. The van der Waals surface area contributed by atoms with E-state index in [2.05, 4.69) is 20.4 Å². The maximum absolute atomic E-state index is 13.4. The van der Waals surface area contributed by atoms with Gasteiger partial charge in [0.15, 0.2) is 0 Å². The van der Waals surface area contributed by atoms with Crippen LogP contribution in [0.25, 0.3) is 11.3 Å². The number of aromatic amines is 1. The molecule has 3 aromatic rings. The third-order valence-electron chi connectivity index (χ3n) is 6.86. The lowest BCUT2D eigenvalue weighted by atomic mass is 9.88. The van der Waals surface area contributed by atoms with E-state index in [0.29, 0.717) is 18.2 Å². The lowest BCUT2D eigenvalue weighted by Gasteiger charge is -2.32. The van der Waals surface area contributed by atoms with E-state index in [4.69, 9.17) is 4.74 Å². The first-order valence-electron chi connectivity index (χ1n) is 11.6. The van der Waals surface area contributed by atoms with Crippen LogP contribution in [-0.2, 0) is 19.4 Å². The average Bonchev–Trinajstić information content (AvgIpc) is 3.28. The van der Waals surface area contributed by atoms with Crippen LogP contribution < -0.4 is 10.1 Å². The fraction of sp³-hybridized carbons (Fsp3) is 0.385. The maximum atomic E-state index is 13.4. The maximum Gasteiger partial charge on any atom is 0.269 e. The van der Waals surface area contributed by atoms with Crippen molar-refractivity contribution < 1.29 is 13.9 Å². The molecule has 0 unspecified atom stereocenters. The number of fused-ring (bicyclic) bond motifs is 3. The van der Waals surface area contributed by atoms with Gasteiger partial charge in [0, 0.05) is 24.2 Å². The first-order valence-corrected chi connectivity index (χ1v) is 11.6. The van der Waals surface area contributed by atoms with Crippen LogP contribution in [0.2, 0.25) is 0 Å². The highest BCUT2D eigenvalue weighted by molar-refractivity contribution is 5.96. The molecule has 5 rings (SSSR count). The number of ether oxygens (including phenoxy) is 1. The Balaban J connectivity index is 1.15. The topological polar surface area (TPSA) is 70.2 Å².